The summed E-state index contributed by atoms with van der Waals surface area (Å²) in [6.07, 6.45) is 0. The van der Waals surface area contributed by atoms with E-state index in [9.17, 15) is 4.79 Å². The van der Waals surface area contributed by atoms with E-state index in [1.165, 1.54) is 0 Å². The number of hydrogen-bond acceptors (Lipinski definition) is 2. The Kier molecular flexibility index (Phi) is 6.22. The Labute approximate surface area is 146 Å². The highest BCUT2D eigenvalue weighted by molar-refractivity contribution is 9.10. The van der Waals surface area contributed by atoms with Crippen LogP contribution in [0.2, 0.25) is 0 Å². The minimum Gasteiger partial charge on any atom is -0.492 e. The van der Waals surface area contributed by atoms with Gasteiger partial charge in [0.05, 0.1) is 17.1 Å². The summed E-state index contributed by atoms with van der Waals surface area (Å²) in [4.78, 5) is 12.4. The van der Waals surface area contributed by atoms with Gasteiger partial charge >= 0.3 is 0 Å². The minimum atomic E-state index is -0.0996. The van der Waals surface area contributed by atoms with Crippen LogP contribution in [0.15, 0.2) is 53.0 Å². The number of carbonyl (C=O) groups is 1. The molecule has 0 fully saturated rings. The summed E-state index contributed by atoms with van der Waals surface area (Å²) in [7, 11) is 0. The lowest BCUT2D eigenvalue weighted by Crippen LogP contribution is -2.26. The van der Waals surface area contributed by atoms with Gasteiger partial charge in [-0.1, -0.05) is 44.2 Å². The molecule has 0 saturated carbocycles. The Morgan fingerprint density at radius 3 is 2.43 bits per heavy atom. The molecular formula is C19H22BrNO2. The topological polar surface area (TPSA) is 38.3 Å². The third-order valence-electron chi connectivity index (χ3n) is 3.41. The highest BCUT2D eigenvalue weighted by atomic mass is 79.9. The van der Waals surface area contributed by atoms with Crippen LogP contribution in [0, 0.1) is 5.92 Å². The monoisotopic (exact) mass is 375 g/mol. The lowest BCUT2D eigenvalue weighted by atomic mass is 10.1. The van der Waals surface area contributed by atoms with Gasteiger partial charge in [-0.25, -0.2) is 0 Å². The maximum atomic E-state index is 12.4. The van der Waals surface area contributed by atoms with E-state index in [1.54, 1.807) is 12.1 Å². The lowest BCUT2D eigenvalue weighted by Gasteiger charge is -2.15. The van der Waals surface area contributed by atoms with Crippen molar-refractivity contribution < 1.29 is 9.53 Å². The molecule has 0 aliphatic rings. The number of carbonyl (C=O) groups excluding carboxylic acids is 1. The fraction of sp³-hybridized carbons (Fsp3) is 0.316. The number of amides is 1. The molecule has 1 unspecified atom stereocenters. The standard InChI is InChI=1S/C19H22BrNO2/c1-13(2)12-23-18-10-9-16(11-17(18)20)19(22)21-14(3)15-7-5-4-6-8-15/h4-11,13-14H,12H2,1-3H3,(H,21,22). The van der Waals surface area contributed by atoms with E-state index >= 15 is 0 Å². The lowest BCUT2D eigenvalue weighted by molar-refractivity contribution is 0.0939. The zero-order valence-electron chi connectivity index (χ0n) is 13.7. The predicted octanol–water partition coefficient (Wildman–Crippen LogP) is 4.97. The zero-order valence-corrected chi connectivity index (χ0v) is 15.3. The van der Waals surface area contributed by atoms with E-state index < -0.39 is 0 Å². The first-order valence-corrected chi connectivity index (χ1v) is 8.55. The third kappa shape index (κ3) is 5.10. The van der Waals surface area contributed by atoms with Crippen LogP contribution in [-0.2, 0) is 0 Å². The SMILES string of the molecule is CC(C)COc1ccc(C(=O)NC(C)c2ccccc2)cc1Br. The van der Waals surface area contributed by atoms with Gasteiger partial charge in [-0.05, 0) is 52.5 Å². The van der Waals surface area contributed by atoms with Crippen LogP contribution in [0.25, 0.3) is 0 Å². The van der Waals surface area contributed by atoms with Crippen molar-refractivity contribution in [3.63, 3.8) is 0 Å². The predicted molar refractivity (Wildman–Crippen MR) is 96.8 cm³/mol. The fourth-order valence-corrected chi connectivity index (χ4v) is 2.61. The maximum Gasteiger partial charge on any atom is 0.251 e. The van der Waals surface area contributed by atoms with Crippen LogP contribution in [-0.4, -0.2) is 12.5 Å². The molecule has 0 radical (unpaired) electrons. The van der Waals surface area contributed by atoms with Gasteiger partial charge in [0.2, 0.25) is 0 Å². The average Bonchev–Trinajstić information content (AvgIpc) is 2.54. The average molecular weight is 376 g/mol. The second kappa shape index (κ2) is 8.16. The summed E-state index contributed by atoms with van der Waals surface area (Å²) in [6, 6.07) is 15.3. The molecule has 2 rings (SSSR count). The van der Waals surface area contributed by atoms with Gasteiger partial charge in [0.25, 0.3) is 5.91 Å². The minimum absolute atomic E-state index is 0.0423. The molecule has 0 aromatic heterocycles. The smallest absolute Gasteiger partial charge is 0.251 e. The van der Waals surface area contributed by atoms with Crippen LogP contribution in [0.1, 0.15) is 42.7 Å². The van der Waals surface area contributed by atoms with E-state index in [0.29, 0.717) is 18.1 Å². The molecule has 1 atom stereocenters. The molecule has 23 heavy (non-hydrogen) atoms. The molecule has 122 valence electrons. The number of rotatable bonds is 6. The Bertz CT molecular complexity index is 656. The normalized spacial score (nSPS) is 12.0. The summed E-state index contributed by atoms with van der Waals surface area (Å²) < 4.78 is 6.49. The van der Waals surface area contributed by atoms with Crippen molar-refractivity contribution in [2.45, 2.75) is 26.8 Å². The molecule has 2 aromatic carbocycles. The summed E-state index contributed by atoms with van der Waals surface area (Å²) in [5.41, 5.74) is 1.69. The van der Waals surface area contributed by atoms with Gasteiger partial charge in [-0.3, -0.25) is 4.79 Å². The van der Waals surface area contributed by atoms with Crippen LogP contribution in [0.4, 0.5) is 0 Å². The third-order valence-corrected chi connectivity index (χ3v) is 4.03. The molecule has 1 N–H and O–H groups in total. The van der Waals surface area contributed by atoms with E-state index in [4.69, 9.17) is 4.74 Å². The molecular weight excluding hydrogens is 354 g/mol. The molecule has 0 aliphatic carbocycles. The first kappa shape index (κ1) is 17.5. The molecule has 0 aliphatic heterocycles. The van der Waals surface area contributed by atoms with Gasteiger partial charge in [0.15, 0.2) is 0 Å². The summed E-state index contributed by atoms with van der Waals surface area (Å²) in [5.74, 6) is 1.11. The number of hydrogen-bond donors (Lipinski definition) is 1. The molecule has 0 heterocycles. The number of nitrogens with one attached hydrogen (secondary N) is 1. The van der Waals surface area contributed by atoms with Crippen molar-refractivity contribution in [1.29, 1.82) is 0 Å². The van der Waals surface area contributed by atoms with Crippen LogP contribution in [0.3, 0.4) is 0 Å². The van der Waals surface area contributed by atoms with E-state index in [-0.39, 0.29) is 11.9 Å². The molecule has 1 amide bonds. The number of benzene rings is 2. The largest absolute Gasteiger partial charge is 0.492 e. The zero-order chi connectivity index (χ0) is 16.8. The summed E-state index contributed by atoms with van der Waals surface area (Å²) >= 11 is 3.47. The van der Waals surface area contributed by atoms with Crippen molar-refractivity contribution in [3.05, 3.63) is 64.1 Å². The Morgan fingerprint density at radius 1 is 1.13 bits per heavy atom. The van der Waals surface area contributed by atoms with Gasteiger partial charge < -0.3 is 10.1 Å². The van der Waals surface area contributed by atoms with Gasteiger partial charge in [-0.2, -0.15) is 0 Å². The number of ether oxygens (including phenoxy) is 1. The van der Waals surface area contributed by atoms with Crippen molar-refractivity contribution >= 4 is 21.8 Å². The number of halogens is 1. The Hall–Kier alpha value is -1.81. The van der Waals surface area contributed by atoms with E-state index in [2.05, 4.69) is 35.1 Å². The second-order valence-electron chi connectivity index (χ2n) is 5.96. The Balaban J connectivity index is 2.03. The highest BCUT2D eigenvalue weighted by Gasteiger charge is 2.13. The molecule has 2 aromatic rings. The van der Waals surface area contributed by atoms with Crippen LogP contribution < -0.4 is 10.1 Å². The van der Waals surface area contributed by atoms with Crippen molar-refractivity contribution in [1.82, 2.24) is 5.32 Å². The van der Waals surface area contributed by atoms with E-state index in [0.717, 1.165) is 15.8 Å². The molecule has 0 spiro atoms. The quantitative estimate of drug-likeness (QED) is 0.773. The van der Waals surface area contributed by atoms with Crippen LogP contribution >= 0.6 is 15.9 Å². The van der Waals surface area contributed by atoms with E-state index in [1.807, 2.05) is 43.3 Å². The van der Waals surface area contributed by atoms with Crippen LogP contribution in [0.5, 0.6) is 5.75 Å². The molecule has 3 nitrogen and oxygen atoms in total. The maximum absolute atomic E-state index is 12.4. The summed E-state index contributed by atoms with van der Waals surface area (Å²) in [6.45, 7) is 6.82. The van der Waals surface area contributed by atoms with Crippen molar-refractivity contribution in [3.8, 4) is 5.75 Å². The molecule has 4 heteroatoms. The molecule has 0 saturated heterocycles. The highest BCUT2D eigenvalue weighted by Crippen LogP contribution is 2.26. The molecule has 0 bridgehead atoms. The van der Waals surface area contributed by atoms with Crippen molar-refractivity contribution in [2.24, 2.45) is 5.92 Å². The van der Waals surface area contributed by atoms with Gasteiger partial charge in [-0.15, -0.1) is 0 Å². The van der Waals surface area contributed by atoms with Gasteiger partial charge in [0.1, 0.15) is 5.75 Å². The van der Waals surface area contributed by atoms with Crippen molar-refractivity contribution in [2.75, 3.05) is 6.61 Å². The first-order chi connectivity index (χ1) is 11.0. The second-order valence-corrected chi connectivity index (χ2v) is 6.81. The fourth-order valence-electron chi connectivity index (χ4n) is 2.12. The van der Waals surface area contributed by atoms with Gasteiger partial charge in [0, 0.05) is 5.56 Å². The summed E-state index contributed by atoms with van der Waals surface area (Å²) in [5, 5.41) is 3.01. The Morgan fingerprint density at radius 2 is 1.83 bits per heavy atom. The first-order valence-electron chi connectivity index (χ1n) is 7.75.